The van der Waals surface area contributed by atoms with Gasteiger partial charge in [0, 0.05) is 25.2 Å². The molecule has 0 radical (unpaired) electrons. The second-order valence-electron chi connectivity index (χ2n) is 6.70. The van der Waals surface area contributed by atoms with E-state index in [9.17, 15) is 18.3 Å². The number of pyridine rings is 1. The van der Waals surface area contributed by atoms with E-state index in [0.29, 0.717) is 0 Å². The Morgan fingerprint density at radius 1 is 1.38 bits per heavy atom. The third-order valence-electron chi connectivity index (χ3n) is 4.72. The van der Waals surface area contributed by atoms with Crippen molar-refractivity contribution in [2.24, 2.45) is 11.3 Å². The van der Waals surface area contributed by atoms with Crippen LogP contribution in [0.15, 0.2) is 18.3 Å². The van der Waals surface area contributed by atoms with Gasteiger partial charge in [-0.2, -0.15) is 13.2 Å². The van der Waals surface area contributed by atoms with Crippen LogP contribution < -0.4 is 61.2 Å². The van der Waals surface area contributed by atoms with E-state index in [1.165, 1.54) is 12.3 Å². The predicted octanol–water partition coefficient (Wildman–Crippen LogP) is -1.05. The van der Waals surface area contributed by atoms with Crippen LogP contribution in [0.1, 0.15) is 24.8 Å². The largest absolute Gasteiger partial charge is 1.00 e. The van der Waals surface area contributed by atoms with E-state index in [0.717, 1.165) is 45.0 Å². The van der Waals surface area contributed by atoms with Gasteiger partial charge < -0.3 is 14.7 Å². The van der Waals surface area contributed by atoms with Crippen LogP contribution in [0.25, 0.3) is 0 Å². The Labute approximate surface area is 182 Å². The molecule has 0 spiro atoms. The van der Waals surface area contributed by atoms with E-state index in [1.54, 1.807) is 0 Å². The molecule has 8 heteroatoms. The average Bonchev–Trinajstić information content (AvgIpc) is 3.15. The van der Waals surface area contributed by atoms with E-state index in [2.05, 4.69) is 9.88 Å². The molecule has 24 heavy (non-hydrogen) atoms. The molecule has 3 rings (SSSR count). The van der Waals surface area contributed by atoms with Crippen molar-refractivity contribution >= 4 is 0 Å². The van der Waals surface area contributed by atoms with Crippen molar-refractivity contribution in [2.75, 3.05) is 32.8 Å². The molecule has 1 unspecified atom stereocenters. The topological polar surface area (TPSA) is 48.4 Å². The van der Waals surface area contributed by atoms with Gasteiger partial charge in [0.15, 0.2) is 0 Å². The molecular formula is C16H20F3KN2O2. The average molecular weight is 368 g/mol. The maximum absolute atomic E-state index is 12.9. The van der Waals surface area contributed by atoms with Crippen molar-refractivity contribution in [1.82, 2.24) is 9.88 Å². The number of hydrogen-bond donors (Lipinski definition) is 0. The smallest absolute Gasteiger partial charge is 0.854 e. The van der Waals surface area contributed by atoms with Crippen LogP contribution in [0, 0.1) is 11.3 Å². The Balaban J connectivity index is 0.00000208. The van der Waals surface area contributed by atoms with E-state index in [4.69, 9.17) is 4.74 Å². The Morgan fingerprint density at radius 2 is 2.12 bits per heavy atom. The van der Waals surface area contributed by atoms with Gasteiger partial charge in [0.05, 0.1) is 6.61 Å². The fourth-order valence-corrected chi connectivity index (χ4v) is 3.11. The summed E-state index contributed by atoms with van der Waals surface area (Å²) in [5, 5.41) is 11.2. The van der Waals surface area contributed by atoms with Crippen LogP contribution >= 0.6 is 0 Å². The predicted molar refractivity (Wildman–Crippen MR) is 75.8 cm³/mol. The number of nitrogens with zero attached hydrogens (tertiary/aromatic N) is 2. The molecule has 1 saturated carbocycles. The second kappa shape index (κ2) is 8.33. The number of ether oxygens (including phenoxy) is 1. The minimum absolute atomic E-state index is 0. The summed E-state index contributed by atoms with van der Waals surface area (Å²) in [6.07, 6.45) is -0.286. The maximum Gasteiger partial charge on any atom is 1.00 e. The molecule has 0 N–H and O–H groups in total. The summed E-state index contributed by atoms with van der Waals surface area (Å²) < 4.78 is 44.0. The fraction of sp³-hybridized carbons (Fsp3) is 0.688. The minimum Gasteiger partial charge on any atom is -0.854 e. The van der Waals surface area contributed by atoms with Crippen molar-refractivity contribution in [3.8, 4) is 5.88 Å². The number of rotatable bonds is 6. The zero-order valence-electron chi connectivity index (χ0n) is 13.8. The summed E-state index contributed by atoms with van der Waals surface area (Å²) in [5.74, 6) is -0.169. The van der Waals surface area contributed by atoms with E-state index < -0.39 is 11.7 Å². The molecule has 0 aromatic carbocycles. The number of aromatic nitrogens is 1. The summed E-state index contributed by atoms with van der Waals surface area (Å²) in [6, 6.07) is 2.24. The van der Waals surface area contributed by atoms with Crippen molar-refractivity contribution in [3.63, 3.8) is 0 Å². The monoisotopic (exact) mass is 368 g/mol. The van der Waals surface area contributed by atoms with Crippen molar-refractivity contribution < 1.29 is 74.4 Å². The molecule has 1 atom stereocenters. The molecule has 1 aliphatic heterocycles. The van der Waals surface area contributed by atoms with Crippen LogP contribution in [-0.2, 0) is 6.18 Å². The standard InChI is InChI=1S/C16H20F3N2O2.K/c17-16(18,19)13-2-1-6-20-14(13)23-9-12-3-7-21(8-12)10-15(11-22)4-5-15;/h1-2,6,12H,3-5,7-11H2;/q-1;+1. The molecule has 2 fully saturated rings. The van der Waals surface area contributed by atoms with Crippen molar-refractivity contribution in [2.45, 2.75) is 25.4 Å². The zero-order chi connectivity index (χ0) is 16.5. The van der Waals surface area contributed by atoms with Gasteiger partial charge in [-0.15, -0.1) is 6.61 Å². The van der Waals surface area contributed by atoms with Gasteiger partial charge in [-0.1, -0.05) is 0 Å². The first-order valence-corrected chi connectivity index (χ1v) is 7.87. The maximum atomic E-state index is 12.9. The first kappa shape index (κ1) is 20.6. The summed E-state index contributed by atoms with van der Waals surface area (Å²) in [5.41, 5.74) is -0.877. The molecular weight excluding hydrogens is 348 g/mol. The number of halogens is 3. The zero-order valence-corrected chi connectivity index (χ0v) is 16.9. The van der Waals surface area contributed by atoms with Gasteiger partial charge in [-0.05, 0) is 43.4 Å². The molecule has 1 saturated heterocycles. The normalized spacial score (nSPS) is 22.9. The van der Waals surface area contributed by atoms with Crippen LogP contribution in [0.3, 0.4) is 0 Å². The molecule has 2 aliphatic rings. The number of likely N-dealkylation sites (tertiary alicyclic amines) is 1. The Hall–Kier alpha value is 0.296. The molecule has 1 aromatic rings. The number of alkyl halides is 3. The quantitative estimate of drug-likeness (QED) is 0.601. The first-order valence-electron chi connectivity index (χ1n) is 7.87. The van der Waals surface area contributed by atoms with Crippen molar-refractivity contribution in [3.05, 3.63) is 23.9 Å². The van der Waals surface area contributed by atoms with Gasteiger partial charge >= 0.3 is 57.6 Å². The van der Waals surface area contributed by atoms with Gasteiger partial charge in [-0.25, -0.2) is 4.98 Å². The van der Waals surface area contributed by atoms with Crippen LogP contribution in [0.4, 0.5) is 13.2 Å². The van der Waals surface area contributed by atoms with Gasteiger partial charge in [0.1, 0.15) is 5.56 Å². The van der Waals surface area contributed by atoms with Crippen molar-refractivity contribution in [1.29, 1.82) is 0 Å². The number of hydrogen-bond acceptors (Lipinski definition) is 4. The van der Waals surface area contributed by atoms with Crippen LogP contribution in [0.2, 0.25) is 0 Å². The molecule has 2 heterocycles. The summed E-state index contributed by atoms with van der Waals surface area (Å²) in [6.45, 7) is 2.65. The minimum atomic E-state index is -4.46. The van der Waals surface area contributed by atoms with Gasteiger partial charge in [0.25, 0.3) is 0 Å². The molecule has 128 valence electrons. The van der Waals surface area contributed by atoms with Gasteiger partial charge in [0.2, 0.25) is 5.88 Å². The van der Waals surface area contributed by atoms with Crippen LogP contribution in [-0.4, -0.2) is 42.7 Å². The Morgan fingerprint density at radius 3 is 2.75 bits per heavy atom. The molecule has 0 amide bonds. The van der Waals surface area contributed by atoms with E-state index in [1.807, 2.05) is 0 Å². The van der Waals surface area contributed by atoms with E-state index in [-0.39, 0.29) is 81.8 Å². The Kier molecular flexibility index (Phi) is 7.15. The molecule has 4 nitrogen and oxygen atoms in total. The summed E-state index contributed by atoms with van der Waals surface area (Å²) in [7, 11) is 0. The van der Waals surface area contributed by atoms with Gasteiger partial charge in [-0.3, -0.25) is 0 Å². The SMILES string of the molecule is [K+].[O-]CC1(CN2CCC(COc3ncccc3C(F)(F)F)C2)CC1. The summed E-state index contributed by atoms with van der Waals surface area (Å²) in [4.78, 5) is 5.95. The van der Waals surface area contributed by atoms with E-state index >= 15 is 0 Å². The first-order chi connectivity index (χ1) is 10.9. The fourth-order valence-electron chi connectivity index (χ4n) is 3.11. The third kappa shape index (κ3) is 5.15. The second-order valence-corrected chi connectivity index (χ2v) is 6.70. The summed E-state index contributed by atoms with van der Waals surface area (Å²) >= 11 is 0. The third-order valence-corrected chi connectivity index (χ3v) is 4.72. The Bertz CT molecular complexity index is 552. The molecule has 1 aliphatic carbocycles. The molecule has 1 aromatic heterocycles. The van der Waals surface area contributed by atoms with Crippen LogP contribution in [0.5, 0.6) is 5.88 Å². The molecule has 0 bridgehead atoms.